The lowest BCUT2D eigenvalue weighted by Crippen LogP contribution is -2.43. The molecule has 4 nitrogen and oxygen atoms in total. The summed E-state index contributed by atoms with van der Waals surface area (Å²) < 4.78 is 11.0. The van der Waals surface area contributed by atoms with E-state index in [0.29, 0.717) is 5.92 Å². The molecule has 1 saturated heterocycles. The Labute approximate surface area is 104 Å². The highest BCUT2D eigenvalue weighted by molar-refractivity contribution is 4.81. The van der Waals surface area contributed by atoms with E-state index in [1.807, 2.05) is 6.92 Å². The fraction of sp³-hybridized carbons (Fsp3) is 1.00. The first-order valence-electron chi connectivity index (χ1n) is 6.75. The van der Waals surface area contributed by atoms with Gasteiger partial charge in [0.15, 0.2) is 0 Å². The van der Waals surface area contributed by atoms with Crippen LogP contribution in [0.5, 0.6) is 0 Å². The van der Waals surface area contributed by atoms with Crippen LogP contribution in [0.25, 0.3) is 0 Å². The quantitative estimate of drug-likeness (QED) is 0.633. The molecule has 0 aliphatic carbocycles. The van der Waals surface area contributed by atoms with Crippen molar-refractivity contribution >= 4 is 0 Å². The van der Waals surface area contributed by atoms with Crippen molar-refractivity contribution in [3.05, 3.63) is 0 Å². The molecular weight excluding hydrogens is 218 g/mol. The first-order valence-corrected chi connectivity index (χ1v) is 6.75. The Morgan fingerprint density at radius 2 is 2.12 bits per heavy atom. The van der Waals surface area contributed by atoms with Gasteiger partial charge in [-0.1, -0.05) is 6.92 Å². The predicted octanol–water partition coefficient (Wildman–Crippen LogP) is 1.31. The van der Waals surface area contributed by atoms with Gasteiger partial charge >= 0.3 is 0 Å². The molecule has 1 rings (SSSR count). The molecule has 3 N–H and O–H groups in total. The summed E-state index contributed by atoms with van der Waals surface area (Å²) >= 11 is 0. The van der Waals surface area contributed by atoms with Gasteiger partial charge in [0, 0.05) is 32.0 Å². The summed E-state index contributed by atoms with van der Waals surface area (Å²) in [5, 5.41) is 9.17. The Hall–Kier alpha value is -0.160. The Balaban J connectivity index is 2.00. The van der Waals surface area contributed by atoms with Crippen molar-refractivity contribution in [3.63, 3.8) is 0 Å². The monoisotopic (exact) mass is 245 g/mol. The summed E-state index contributed by atoms with van der Waals surface area (Å²) in [4.78, 5) is 0. The lowest BCUT2D eigenvalue weighted by atomic mass is 9.93. The largest absolute Gasteiger partial charge is 0.394 e. The van der Waals surface area contributed by atoms with Gasteiger partial charge in [-0.3, -0.25) is 0 Å². The molecule has 0 radical (unpaired) electrons. The van der Waals surface area contributed by atoms with E-state index in [1.165, 1.54) is 0 Å². The third kappa shape index (κ3) is 5.82. The Kier molecular flexibility index (Phi) is 7.04. The van der Waals surface area contributed by atoms with Gasteiger partial charge < -0.3 is 20.3 Å². The van der Waals surface area contributed by atoms with Gasteiger partial charge in [0.05, 0.1) is 6.61 Å². The smallest absolute Gasteiger partial charge is 0.0611 e. The van der Waals surface area contributed by atoms with Crippen LogP contribution in [0, 0.1) is 5.92 Å². The normalized spacial score (nSPS) is 21.4. The van der Waals surface area contributed by atoms with Crippen LogP contribution < -0.4 is 5.73 Å². The van der Waals surface area contributed by atoms with Gasteiger partial charge in [-0.2, -0.15) is 0 Å². The van der Waals surface area contributed by atoms with E-state index in [4.69, 9.17) is 20.3 Å². The Morgan fingerprint density at radius 3 is 2.71 bits per heavy atom. The summed E-state index contributed by atoms with van der Waals surface area (Å²) in [6, 6.07) is 0. The van der Waals surface area contributed by atoms with E-state index >= 15 is 0 Å². The lowest BCUT2D eigenvalue weighted by Gasteiger charge is -2.26. The van der Waals surface area contributed by atoms with Crippen LogP contribution in [0.15, 0.2) is 0 Å². The van der Waals surface area contributed by atoms with Crippen LogP contribution in [0.2, 0.25) is 0 Å². The molecule has 0 bridgehead atoms. The number of rotatable bonds is 8. The molecular formula is C13H27NO3. The molecule has 0 aromatic heterocycles. The molecule has 0 spiro atoms. The maximum atomic E-state index is 9.17. The van der Waals surface area contributed by atoms with Gasteiger partial charge in [-0.05, 0) is 38.0 Å². The van der Waals surface area contributed by atoms with Crippen LogP contribution in [0.1, 0.15) is 39.0 Å². The van der Waals surface area contributed by atoms with Crippen molar-refractivity contribution < 1.29 is 14.6 Å². The molecule has 1 heterocycles. The van der Waals surface area contributed by atoms with E-state index in [0.717, 1.165) is 58.5 Å². The van der Waals surface area contributed by atoms with Crippen molar-refractivity contribution in [1.29, 1.82) is 0 Å². The zero-order chi connectivity index (χ0) is 12.6. The zero-order valence-electron chi connectivity index (χ0n) is 11.0. The molecule has 4 heteroatoms. The maximum absolute atomic E-state index is 9.17. The Bertz CT molecular complexity index is 189. The van der Waals surface area contributed by atoms with Gasteiger partial charge in [0.25, 0.3) is 0 Å². The van der Waals surface area contributed by atoms with Gasteiger partial charge in [0.1, 0.15) is 0 Å². The van der Waals surface area contributed by atoms with Crippen LogP contribution in [0.3, 0.4) is 0 Å². The van der Waals surface area contributed by atoms with E-state index in [-0.39, 0.29) is 6.61 Å². The first kappa shape index (κ1) is 14.9. The van der Waals surface area contributed by atoms with E-state index in [1.54, 1.807) is 0 Å². The highest BCUT2D eigenvalue weighted by Gasteiger charge is 2.20. The molecule has 1 fully saturated rings. The zero-order valence-corrected chi connectivity index (χ0v) is 11.0. The summed E-state index contributed by atoms with van der Waals surface area (Å²) in [5.41, 5.74) is 5.58. The molecule has 0 aromatic rings. The summed E-state index contributed by atoms with van der Waals surface area (Å²) in [7, 11) is 0. The second-order valence-corrected chi connectivity index (χ2v) is 5.11. The van der Waals surface area contributed by atoms with Crippen LogP contribution in [-0.2, 0) is 9.47 Å². The average Bonchev–Trinajstić information content (AvgIpc) is 2.39. The highest BCUT2D eigenvalue weighted by atomic mass is 16.5. The third-order valence-corrected chi connectivity index (χ3v) is 3.68. The van der Waals surface area contributed by atoms with Crippen molar-refractivity contribution in [1.82, 2.24) is 0 Å². The molecule has 0 aromatic carbocycles. The molecule has 102 valence electrons. The SMILES string of the molecule is CCC(N)(CO)CCCOCC1CCOCC1. The fourth-order valence-electron chi connectivity index (χ4n) is 2.06. The first-order chi connectivity index (χ1) is 8.20. The van der Waals surface area contributed by atoms with Gasteiger partial charge in [-0.15, -0.1) is 0 Å². The number of nitrogens with two attached hydrogens (primary N) is 1. The summed E-state index contributed by atoms with van der Waals surface area (Å²) in [5.74, 6) is 0.662. The minimum Gasteiger partial charge on any atom is -0.394 e. The van der Waals surface area contributed by atoms with Crippen molar-refractivity contribution in [2.45, 2.75) is 44.6 Å². The van der Waals surface area contributed by atoms with Crippen molar-refractivity contribution in [3.8, 4) is 0 Å². The number of aliphatic hydroxyl groups is 1. The minimum absolute atomic E-state index is 0.0590. The number of aliphatic hydroxyl groups excluding tert-OH is 1. The minimum atomic E-state index is -0.415. The molecule has 1 aliphatic rings. The predicted molar refractivity (Wildman–Crippen MR) is 67.9 cm³/mol. The molecule has 0 amide bonds. The van der Waals surface area contributed by atoms with Crippen molar-refractivity contribution in [2.24, 2.45) is 11.7 Å². The third-order valence-electron chi connectivity index (χ3n) is 3.68. The van der Waals surface area contributed by atoms with Crippen molar-refractivity contribution in [2.75, 3.05) is 33.0 Å². The lowest BCUT2D eigenvalue weighted by molar-refractivity contribution is 0.0183. The summed E-state index contributed by atoms with van der Waals surface area (Å²) in [6.45, 7) is 5.41. The maximum Gasteiger partial charge on any atom is 0.0611 e. The van der Waals surface area contributed by atoms with Gasteiger partial charge in [0.2, 0.25) is 0 Å². The van der Waals surface area contributed by atoms with Crippen LogP contribution in [-0.4, -0.2) is 43.7 Å². The molecule has 1 unspecified atom stereocenters. The molecule has 1 atom stereocenters. The van der Waals surface area contributed by atoms with Crippen LogP contribution in [0.4, 0.5) is 0 Å². The van der Waals surface area contributed by atoms with Crippen LogP contribution >= 0.6 is 0 Å². The Morgan fingerprint density at radius 1 is 1.41 bits per heavy atom. The molecule has 0 saturated carbocycles. The number of ether oxygens (including phenoxy) is 2. The van der Waals surface area contributed by atoms with E-state index in [2.05, 4.69) is 0 Å². The second-order valence-electron chi connectivity index (χ2n) is 5.11. The summed E-state index contributed by atoms with van der Waals surface area (Å²) in [6.07, 6.45) is 4.80. The number of hydrogen-bond donors (Lipinski definition) is 2. The van der Waals surface area contributed by atoms with E-state index in [9.17, 15) is 0 Å². The topological polar surface area (TPSA) is 64.7 Å². The second kappa shape index (κ2) is 8.03. The molecule has 17 heavy (non-hydrogen) atoms. The van der Waals surface area contributed by atoms with E-state index < -0.39 is 5.54 Å². The van der Waals surface area contributed by atoms with Gasteiger partial charge in [-0.25, -0.2) is 0 Å². The number of hydrogen-bond acceptors (Lipinski definition) is 4. The average molecular weight is 245 g/mol. The highest BCUT2D eigenvalue weighted by Crippen LogP contribution is 2.16. The molecule has 1 aliphatic heterocycles. The standard InChI is InChI=1S/C13H27NO3/c1-2-13(14,11-15)6-3-7-17-10-12-4-8-16-9-5-12/h12,15H,2-11,14H2,1H3. The fourth-order valence-corrected chi connectivity index (χ4v) is 2.06.